The van der Waals surface area contributed by atoms with E-state index in [0.29, 0.717) is 0 Å². The van der Waals surface area contributed by atoms with E-state index in [4.69, 9.17) is 0 Å². The van der Waals surface area contributed by atoms with E-state index in [1.54, 1.807) is 0 Å². The van der Waals surface area contributed by atoms with Gasteiger partial charge in [-0.3, -0.25) is 0 Å². The van der Waals surface area contributed by atoms with Gasteiger partial charge in [-0.05, 0) is 31.0 Å². The van der Waals surface area contributed by atoms with Crippen LogP contribution in [0, 0.1) is 19.9 Å². The number of aryl methyl sites for hydroxylation is 2. The van der Waals surface area contributed by atoms with Gasteiger partial charge in [-0.2, -0.15) is 0 Å². The van der Waals surface area contributed by atoms with Gasteiger partial charge in [0.1, 0.15) is 0 Å². The van der Waals surface area contributed by atoms with Crippen LogP contribution in [0.3, 0.4) is 0 Å². The van der Waals surface area contributed by atoms with Gasteiger partial charge in [-0.25, -0.2) is 0 Å². The number of benzene rings is 1. The minimum absolute atomic E-state index is 1.18. The van der Waals surface area contributed by atoms with Crippen LogP contribution < -0.4 is 0 Å². The molecular weight excluding hydrogens is 134 g/mol. The highest BCUT2D eigenvalue weighted by Gasteiger charge is 1.97. The van der Waals surface area contributed by atoms with Crippen molar-refractivity contribution in [3.05, 3.63) is 35.5 Å². The summed E-state index contributed by atoms with van der Waals surface area (Å²) in [5.74, 6) is 0. The number of aromatic nitrogens is 1. The zero-order valence-electron chi connectivity index (χ0n) is 6.73. The summed E-state index contributed by atoms with van der Waals surface area (Å²) in [6.07, 6.45) is 1.86. The van der Waals surface area contributed by atoms with Gasteiger partial charge in [0.05, 0.1) is 0 Å². The van der Waals surface area contributed by atoms with Crippen molar-refractivity contribution in [1.82, 2.24) is 4.98 Å². The highest BCUT2D eigenvalue weighted by atomic mass is 14.7. The van der Waals surface area contributed by atoms with Gasteiger partial charge in [-0.1, -0.05) is 6.07 Å². The van der Waals surface area contributed by atoms with E-state index < -0.39 is 0 Å². The molecule has 1 nitrogen and oxygen atoms in total. The molecule has 0 spiro atoms. The lowest BCUT2D eigenvalue weighted by Gasteiger charge is -1.97. The Hall–Kier alpha value is -1.24. The molecule has 1 heteroatoms. The lowest BCUT2D eigenvalue weighted by Crippen LogP contribution is -1.77. The fourth-order valence-electron chi connectivity index (χ4n) is 1.46. The molecule has 0 aliphatic rings. The number of H-pyrrole nitrogens is 1. The van der Waals surface area contributed by atoms with Crippen molar-refractivity contribution in [3.63, 3.8) is 0 Å². The van der Waals surface area contributed by atoms with Gasteiger partial charge < -0.3 is 4.98 Å². The van der Waals surface area contributed by atoms with Gasteiger partial charge in [0.2, 0.25) is 0 Å². The molecule has 0 saturated heterocycles. The van der Waals surface area contributed by atoms with E-state index in [-0.39, 0.29) is 0 Å². The van der Waals surface area contributed by atoms with Crippen LogP contribution in [-0.4, -0.2) is 4.98 Å². The molecule has 2 rings (SSSR count). The summed E-state index contributed by atoms with van der Waals surface area (Å²) < 4.78 is 0. The maximum Gasteiger partial charge on any atom is 0.0465 e. The molecule has 2 aromatic rings. The standard InChI is InChI=1S/C10H10N/c1-7-5-8(2)9-3-4-11-10(9)6-7/h4-6,11H,1-2H3. The van der Waals surface area contributed by atoms with Crippen molar-refractivity contribution in [1.29, 1.82) is 0 Å². The monoisotopic (exact) mass is 144 g/mol. The molecule has 0 saturated carbocycles. The lowest BCUT2D eigenvalue weighted by atomic mass is 10.1. The number of fused-ring (bicyclic) bond motifs is 1. The molecule has 0 bridgehead atoms. The average Bonchev–Trinajstić information content (AvgIpc) is 2.34. The zero-order chi connectivity index (χ0) is 7.84. The molecule has 0 aliphatic heterocycles. The Morgan fingerprint density at radius 3 is 2.91 bits per heavy atom. The summed E-state index contributed by atoms with van der Waals surface area (Å²) in [7, 11) is 0. The van der Waals surface area contributed by atoms with Crippen molar-refractivity contribution >= 4 is 10.9 Å². The van der Waals surface area contributed by atoms with Crippen LogP contribution in [0.25, 0.3) is 10.9 Å². The topological polar surface area (TPSA) is 15.8 Å². The first kappa shape index (κ1) is 6.47. The molecule has 1 aromatic heterocycles. The number of rotatable bonds is 0. The van der Waals surface area contributed by atoms with E-state index in [1.807, 2.05) is 6.20 Å². The van der Waals surface area contributed by atoms with Crippen LogP contribution in [0.15, 0.2) is 18.3 Å². The Labute approximate surface area is 66.1 Å². The van der Waals surface area contributed by atoms with Crippen molar-refractivity contribution in [2.45, 2.75) is 13.8 Å². The Morgan fingerprint density at radius 1 is 1.27 bits per heavy atom. The normalized spacial score (nSPS) is 10.7. The quantitative estimate of drug-likeness (QED) is 0.585. The van der Waals surface area contributed by atoms with E-state index in [2.05, 4.69) is 37.0 Å². The second kappa shape index (κ2) is 2.12. The van der Waals surface area contributed by atoms with E-state index in [0.717, 1.165) is 0 Å². The van der Waals surface area contributed by atoms with Gasteiger partial charge in [-0.15, -0.1) is 0 Å². The molecule has 0 fully saturated rings. The molecule has 1 radical (unpaired) electrons. The predicted octanol–water partition coefficient (Wildman–Crippen LogP) is 2.58. The second-order valence-corrected chi connectivity index (χ2v) is 2.94. The summed E-state index contributed by atoms with van der Waals surface area (Å²) in [4.78, 5) is 3.15. The molecule has 0 unspecified atom stereocenters. The Balaban J connectivity index is 2.91. The van der Waals surface area contributed by atoms with Crippen molar-refractivity contribution < 1.29 is 0 Å². The Morgan fingerprint density at radius 2 is 2.09 bits per heavy atom. The minimum atomic E-state index is 1.18. The molecule has 11 heavy (non-hydrogen) atoms. The zero-order valence-corrected chi connectivity index (χ0v) is 6.73. The van der Waals surface area contributed by atoms with Crippen LogP contribution in [0.2, 0.25) is 0 Å². The smallest absolute Gasteiger partial charge is 0.0465 e. The highest BCUT2D eigenvalue weighted by Crippen LogP contribution is 2.17. The van der Waals surface area contributed by atoms with Gasteiger partial charge in [0.25, 0.3) is 0 Å². The summed E-state index contributed by atoms with van der Waals surface area (Å²) in [5, 5.41) is 1.20. The molecule has 1 heterocycles. The molecule has 1 N–H and O–H groups in total. The van der Waals surface area contributed by atoms with E-state index in [9.17, 15) is 0 Å². The minimum Gasteiger partial charge on any atom is -0.361 e. The molecular formula is C10H10N. The first-order chi connectivity index (χ1) is 5.27. The Bertz CT molecular complexity index is 385. The van der Waals surface area contributed by atoms with E-state index >= 15 is 0 Å². The van der Waals surface area contributed by atoms with Crippen LogP contribution in [0.4, 0.5) is 0 Å². The maximum atomic E-state index is 3.16. The van der Waals surface area contributed by atoms with Crippen LogP contribution >= 0.6 is 0 Å². The summed E-state index contributed by atoms with van der Waals surface area (Å²) >= 11 is 0. The number of hydrogen-bond donors (Lipinski definition) is 1. The average molecular weight is 144 g/mol. The molecule has 0 aliphatic carbocycles. The third-order valence-corrected chi connectivity index (χ3v) is 1.92. The summed E-state index contributed by atoms with van der Waals surface area (Å²) in [5.41, 5.74) is 3.77. The molecule has 0 amide bonds. The van der Waals surface area contributed by atoms with Crippen molar-refractivity contribution in [3.8, 4) is 0 Å². The third kappa shape index (κ3) is 0.929. The second-order valence-electron chi connectivity index (χ2n) is 2.94. The fraction of sp³-hybridized carbons (Fsp3) is 0.200. The molecule has 1 aromatic carbocycles. The molecule has 55 valence electrons. The first-order valence-corrected chi connectivity index (χ1v) is 3.73. The number of aromatic amines is 1. The summed E-state index contributed by atoms with van der Waals surface area (Å²) in [6, 6.07) is 7.47. The fourth-order valence-corrected chi connectivity index (χ4v) is 1.46. The maximum absolute atomic E-state index is 3.16. The van der Waals surface area contributed by atoms with E-state index in [1.165, 1.54) is 22.0 Å². The van der Waals surface area contributed by atoms with Crippen LogP contribution in [-0.2, 0) is 0 Å². The largest absolute Gasteiger partial charge is 0.361 e. The van der Waals surface area contributed by atoms with Crippen molar-refractivity contribution in [2.24, 2.45) is 0 Å². The predicted molar refractivity (Wildman–Crippen MR) is 46.6 cm³/mol. The highest BCUT2D eigenvalue weighted by molar-refractivity contribution is 5.82. The van der Waals surface area contributed by atoms with Gasteiger partial charge in [0.15, 0.2) is 0 Å². The SMILES string of the molecule is Cc1cc(C)c2[c]c[nH]c2c1. The first-order valence-electron chi connectivity index (χ1n) is 3.73. The third-order valence-electron chi connectivity index (χ3n) is 1.92. The lowest BCUT2D eigenvalue weighted by molar-refractivity contribution is 1.41. The van der Waals surface area contributed by atoms with Crippen LogP contribution in [0.1, 0.15) is 11.1 Å². The van der Waals surface area contributed by atoms with Crippen molar-refractivity contribution in [2.75, 3.05) is 0 Å². The Kier molecular flexibility index (Phi) is 1.25. The summed E-state index contributed by atoms with van der Waals surface area (Å²) in [6.45, 7) is 4.22. The van der Waals surface area contributed by atoms with Gasteiger partial charge in [0, 0.05) is 23.2 Å². The number of nitrogens with one attached hydrogen (secondary N) is 1. The molecule has 0 atom stereocenters. The van der Waals surface area contributed by atoms with Gasteiger partial charge >= 0.3 is 0 Å². The van der Waals surface area contributed by atoms with Crippen LogP contribution in [0.5, 0.6) is 0 Å². The number of hydrogen-bond acceptors (Lipinski definition) is 0.